The lowest BCUT2D eigenvalue weighted by molar-refractivity contribution is -0.192. The van der Waals surface area contributed by atoms with Gasteiger partial charge in [0.15, 0.2) is 0 Å². The van der Waals surface area contributed by atoms with Crippen LogP contribution in [-0.4, -0.2) is 77.1 Å². The molecule has 16 heteroatoms. The molecule has 1 fully saturated rings. The molecule has 2 N–H and O–H groups in total. The molecule has 2 unspecified atom stereocenters. The summed E-state index contributed by atoms with van der Waals surface area (Å²) in [7, 11) is 1.88. The molecule has 230 valence electrons. The minimum atomic E-state index is -5.08. The molecule has 1 saturated heterocycles. The molecule has 12 nitrogen and oxygen atoms in total. The fourth-order valence-corrected chi connectivity index (χ4v) is 4.92. The van der Waals surface area contributed by atoms with Gasteiger partial charge in [0.05, 0.1) is 34.6 Å². The second-order valence-corrected chi connectivity index (χ2v) is 10.5. The number of halogens is 4. The Morgan fingerprint density at radius 1 is 1.07 bits per heavy atom. The van der Waals surface area contributed by atoms with Gasteiger partial charge in [0, 0.05) is 54.7 Å². The number of ether oxygens (including phenoxy) is 1. The summed E-state index contributed by atoms with van der Waals surface area (Å²) in [6.45, 7) is 5.68. The first-order chi connectivity index (χ1) is 20.9. The molecule has 0 amide bonds. The van der Waals surface area contributed by atoms with Crippen molar-refractivity contribution in [3.63, 3.8) is 0 Å². The number of fused-ring (bicyclic) bond motifs is 1. The lowest BCUT2D eigenvalue weighted by Crippen LogP contribution is -2.46. The first-order valence-electron chi connectivity index (χ1n) is 13.3. The van der Waals surface area contributed by atoms with Crippen molar-refractivity contribution in [1.29, 1.82) is 0 Å². The van der Waals surface area contributed by atoms with Crippen LogP contribution in [0.25, 0.3) is 27.7 Å². The maximum atomic E-state index is 10.6. The van der Waals surface area contributed by atoms with Crippen LogP contribution >= 0.6 is 11.6 Å². The Labute approximate surface area is 254 Å². The molecule has 1 aliphatic rings. The van der Waals surface area contributed by atoms with E-state index < -0.39 is 12.1 Å². The second-order valence-electron chi connectivity index (χ2n) is 10.1. The van der Waals surface area contributed by atoms with Crippen molar-refractivity contribution in [3.8, 4) is 16.8 Å². The number of hydrogen-bond acceptors (Lipinski definition) is 9. The van der Waals surface area contributed by atoms with Crippen LogP contribution in [0.3, 0.4) is 0 Å². The molecule has 6 rings (SSSR count). The van der Waals surface area contributed by atoms with Crippen LogP contribution in [0.2, 0.25) is 5.02 Å². The average Bonchev–Trinajstić information content (AvgIpc) is 3.63. The van der Waals surface area contributed by atoms with Crippen molar-refractivity contribution in [3.05, 3.63) is 66.3 Å². The number of alkyl halides is 3. The van der Waals surface area contributed by atoms with Crippen LogP contribution in [0.4, 0.5) is 30.8 Å². The number of carboxylic acids is 1. The SMILES string of the molecule is CC1CN(c2ncn(-c3ccc(Nc4ncc5ccc(-c6cnn(C)c6)c(Cl)c5n4)cc3)n2)CC(C)O1.O=C(O)C(F)(F)F. The van der Waals surface area contributed by atoms with Crippen LogP contribution in [0.1, 0.15) is 13.8 Å². The number of aliphatic carboxylic acids is 1. The maximum Gasteiger partial charge on any atom is 0.490 e. The van der Waals surface area contributed by atoms with E-state index in [1.165, 1.54) is 0 Å². The summed E-state index contributed by atoms with van der Waals surface area (Å²) in [4.78, 5) is 24.7. The van der Waals surface area contributed by atoms with E-state index in [1.807, 2.05) is 49.6 Å². The topological polar surface area (TPSA) is 136 Å². The fraction of sp³-hybridized carbons (Fsp3) is 0.286. The molecule has 2 aromatic carbocycles. The predicted octanol–water partition coefficient (Wildman–Crippen LogP) is 5.25. The molecule has 3 aromatic heterocycles. The largest absolute Gasteiger partial charge is 0.490 e. The normalized spacial score (nSPS) is 16.8. The zero-order valence-electron chi connectivity index (χ0n) is 23.7. The quantitative estimate of drug-likeness (QED) is 0.265. The van der Waals surface area contributed by atoms with E-state index in [1.54, 1.807) is 28.1 Å². The minimum absolute atomic E-state index is 0.148. The second kappa shape index (κ2) is 12.5. The molecule has 44 heavy (non-hydrogen) atoms. The van der Waals surface area contributed by atoms with Gasteiger partial charge in [0.1, 0.15) is 6.33 Å². The highest BCUT2D eigenvalue weighted by Crippen LogP contribution is 2.33. The number of hydrogen-bond donors (Lipinski definition) is 2. The first-order valence-corrected chi connectivity index (χ1v) is 13.7. The minimum Gasteiger partial charge on any atom is -0.475 e. The van der Waals surface area contributed by atoms with Gasteiger partial charge in [0.2, 0.25) is 11.9 Å². The summed E-state index contributed by atoms with van der Waals surface area (Å²) < 4.78 is 41.1. The Bertz CT molecular complexity index is 1770. The lowest BCUT2D eigenvalue weighted by Gasteiger charge is -2.34. The highest BCUT2D eigenvalue weighted by atomic mass is 35.5. The Hall–Kier alpha value is -4.76. The lowest BCUT2D eigenvalue weighted by atomic mass is 10.1. The van der Waals surface area contributed by atoms with Gasteiger partial charge in [-0.1, -0.05) is 23.7 Å². The van der Waals surface area contributed by atoms with Crippen LogP contribution < -0.4 is 10.2 Å². The molecule has 5 aromatic rings. The van der Waals surface area contributed by atoms with Gasteiger partial charge in [-0.25, -0.2) is 19.4 Å². The molecule has 0 bridgehead atoms. The summed E-state index contributed by atoms with van der Waals surface area (Å²) >= 11 is 6.74. The van der Waals surface area contributed by atoms with Gasteiger partial charge in [0.25, 0.3) is 0 Å². The summed E-state index contributed by atoms with van der Waals surface area (Å²) in [5.74, 6) is -1.59. The molecular formula is C28H27ClF3N9O3. The molecule has 0 aliphatic carbocycles. The number of aromatic nitrogens is 7. The van der Waals surface area contributed by atoms with E-state index in [0.717, 1.165) is 41.0 Å². The molecule has 0 radical (unpaired) electrons. The van der Waals surface area contributed by atoms with Crippen molar-refractivity contribution < 1.29 is 27.8 Å². The van der Waals surface area contributed by atoms with E-state index in [4.69, 9.17) is 26.2 Å². The van der Waals surface area contributed by atoms with Gasteiger partial charge in [-0.3, -0.25) is 4.68 Å². The summed E-state index contributed by atoms with van der Waals surface area (Å²) in [6.07, 6.45) is 2.42. The Balaban J connectivity index is 0.000000493. The highest BCUT2D eigenvalue weighted by molar-refractivity contribution is 6.37. The monoisotopic (exact) mass is 629 g/mol. The van der Waals surface area contributed by atoms with Crippen molar-refractivity contribution >= 4 is 46.1 Å². The van der Waals surface area contributed by atoms with Crippen LogP contribution in [-0.2, 0) is 16.6 Å². The van der Waals surface area contributed by atoms with Crippen LogP contribution in [0.15, 0.2) is 61.3 Å². The molecule has 2 atom stereocenters. The zero-order valence-corrected chi connectivity index (χ0v) is 24.5. The van der Waals surface area contributed by atoms with Crippen molar-refractivity contribution in [2.24, 2.45) is 7.05 Å². The molecule has 4 heterocycles. The van der Waals surface area contributed by atoms with E-state index in [9.17, 15) is 13.2 Å². The number of morpholine rings is 1. The number of nitrogens with one attached hydrogen (secondary N) is 1. The summed E-state index contributed by atoms with van der Waals surface area (Å²) in [5, 5.41) is 20.7. The smallest absolute Gasteiger partial charge is 0.475 e. The molecule has 1 aliphatic heterocycles. The number of rotatable bonds is 5. The molecule has 0 saturated carbocycles. The third-order valence-electron chi connectivity index (χ3n) is 6.52. The number of benzene rings is 2. The number of carboxylic acid groups (broad SMARTS) is 1. The molecular weight excluding hydrogens is 603 g/mol. The van der Waals surface area contributed by atoms with E-state index in [0.29, 0.717) is 22.4 Å². The van der Waals surface area contributed by atoms with Crippen molar-refractivity contribution in [2.75, 3.05) is 23.3 Å². The number of carbonyl (C=O) groups is 1. The van der Waals surface area contributed by atoms with Gasteiger partial charge in [-0.15, -0.1) is 5.10 Å². The summed E-state index contributed by atoms with van der Waals surface area (Å²) in [6, 6.07) is 11.8. The zero-order chi connectivity index (χ0) is 31.6. The third-order valence-corrected chi connectivity index (χ3v) is 6.90. The maximum absolute atomic E-state index is 10.6. The Kier molecular flexibility index (Phi) is 8.69. The van der Waals surface area contributed by atoms with Gasteiger partial charge in [-0.05, 0) is 38.1 Å². The van der Waals surface area contributed by atoms with E-state index >= 15 is 0 Å². The standard InChI is InChI=1S/C26H26ClN9O.C2HF3O2/c1-16-12-35(13-17(2)37-16)26-29-15-36(33-26)21-7-5-20(6-8-21)31-25-28-10-18-4-9-22(23(27)24(18)32-25)19-11-30-34(3)14-19;3-2(4,5)1(6)7/h4-11,14-17H,12-13H2,1-3H3,(H,28,31,32);(H,6,7). The predicted molar refractivity (Wildman–Crippen MR) is 157 cm³/mol. The first kappa shape index (κ1) is 30.7. The van der Waals surface area contributed by atoms with Crippen LogP contribution in [0.5, 0.6) is 0 Å². The number of aryl methyl sites for hydroxylation is 1. The van der Waals surface area contributed by atoms with E-state index in [2.05, 4.69) is 49.2 Å². The fourth-order valence-electron chi connectivity index (χ4n) is 4.60. The van der Waals surface area contributed by atoms with Crippen LogP contribution in [0, 0.1) is 0 Å². The third kappa shape index (κ3) is 7.06. The molecule has 0 spiro atoms. The highest BCUT2D eigenvalue weighted by Gasteiger charge is 2.38. The Morgan fingerprint density at radius 3 is 2.36 bits per heavy atom. The average molecular weight is 630 g/mol. The van der Waals surface area contributed by atoms with Gasteiger partial charge in [-0.2, -0.15) is 23.3 Å². The van der Waals surface area contributed by atoms with Crippen molar-refractivity contribution in [2.45, 2.75) is 32.2 Å². The number of anilines is 3. The van der Waals surface area contributed by atoms with Gasteiger partial charge >= 0.3 is 12.1 Å². The summed E-state index contributed by atoms with van der Waals surface area (Å²) in [5.41, 5.74) is 4.25. The van der Waals surface area contributed by atoms with Gasteiger partial charge < -0.3 is 20.1 Å². The van der Waals surface area contributed by atoms with Crippen molar-refractivity contribution in [1.82, 2.24) is 34.5 Å². The Morgan fingerprint density at radius 2 is 1.75 bits per heavy atom. The number of nitrogens with zero attached hydrogens (tertiary/aromatic N) is 8. The van der Waals surface area contributed by atoms with E-state index in [-0.39, 0.29) is 12.2 Å².